The van der Waals surface area contributed by atoms with E-state index in [1.54, 1.807) is 15.5 Å². The number of fused-ring (bicyclic) bond motifs is 3. The van der Waals surface area contributed by atoms with Gasteiger partial charge in [-0.05, 0) is 144 Å². The zero-order valence-corrected chi connectivity index (χ0v) is 58.1. The number of nitrogens with zero attached hydrogens (tertiary/aromatic N) is 13. The van der Waals surface area contributed by atoms with Gasteiger partial charge in [0.25, 0.3) is 28.8 Å². The molecule has 1 atom stereocenters. The molecule has 4 fully saturated rings. The number of amides is 3. The molecule has 508 valence electrons. The zero-order valence-electron chi connectivity index (χ0n) is 55.7. The quantitative estimate of drug-likeness (QED) is 0.0891. The fraction of sp³-hybridized carbons (Fsp3) is 0.378. The Hall–Kier alpha value is -9.38. The summed E-state index contributed by atoms with van der Waals surface area (Å²) in [6.07, 6.45) is 5.35. The summed E-state index contributed by atoms with van der Waals surface area (Å²) in [5, 5.41) is 39.5. The van der Waals surface area contributed by atoms with Gasteiger partial charge in [-0.15, -0.1) is 22.7 Å². The molecule has 4 aromatic heterocycles. The Balaban J connectivity index is 0.000000149. The second-order valence-electron chi connectivity index (χ2n) is 25.3. The summed E-state index contributed by atoms with van der Waals surface area (Å²) in [5.41, 5.74) is 6.71. The molecule has 20 nitrogen and oxygen atoms in total. The monoisotopic (exact) mass is 1380 g/mol. The number of benzene rings is 4. The van der Waals surface area contributed by atoms with E-state index in [0.29, 0.717) is 114 Å². The number of piperazine rings is 3. The number of para-hydroxylation sites is 2. The van der Waals surface area contributed by atoms with Gasteiger partial charge in [0, 0.05) is 124 Å². The molecule has 1 N–H and O–H groups in total. The van der Waals surface area contributed by atoms with Crippen LogP contribution in [0.2, 0.25) is 5.02 Å². The Morgan fingerprint density at radius 2 is 1.14 bits per heavy atom. The number of halogens is 2. The SMILES string of the molecule is CN(C)CCCOC1Nc2ccccc2C(N2CCN(C(=O)c3ccc(F)cc3)CC2)=C1C#N.CN(C)CCCn1c(=O)c(C#N)c(N2CCN(C(=O)c3cccs3)CC2)c2cc(Cl)ccc21.N#Cc1c(N2CCN(C(=O)c3cccs3)CC2)c2ccccc2n(C2CCCC2)c1=O. The van der Waals surface area contributed by atoms with Gasteiger partial charge in [0.15, 0.2) is 6.23 Å². The Labute approximate surface area is 583 Å². The van der Waals surface area contributed by atoms with Crippen LogP contribution in [0.15, 0.2) is 141 Å². The maximum atomic E-state index is 13.4. The lowest BCUT2D eigenvalue weighted by Crippen LogP contribution is -2.49. The van der Waals surface area contributed by atoms with Gasteiger partial charge in [-0.2, -0.15) is 15.8 Å². The van der Waals surface area contributed by atoms with Crippen LogP contribution in [0.3, 0.4) is 0 Å². The summed E-state index contributed by atoms with van der Waals surface area (Å²) in [4.78, 5) is 82.5. The lowest BCUT2D eigenvalue weighted by Gasteiger charge is -2.40. The molecule has 4 aliphatic heterocycles. The van der Waals surface area contributed by atoms with E-state index in [1.807, 2.05) is 143 Å². The topological polar surface area (TPSA) is 214 Å². The molecule has 5 aliphatic rings. The minimum absolute atomic E-state index is 0.0226. The fourth-order valence-electron chi connectivity index (χ4n) is 13.7. The van der Waals surface area contributed by atoms with E-state index in [9.17, 15) is 44.1 Å². The number of rotatable bonds is 16. The third-order valence-electron chi connectivity index (χ3n) is 18.5. The molecule has 8 heterocycles. The summed E-state index contributed by atoms with van der Waals surface area (Å²) in [7, 11) is 8.03. The average molecular weight is 1380 g/mol. The van der Waals surface area contributed by atoms with Crippen molar-refractivity contribution in [3.8, 4) is 18.2 Å². The van der Waals surface area contributed by atoms with Crippen molar-refractivity contribution in [1.29, 1.82) is 15.8 Å². The maximum Gasteiger partial charge on any atom is 0.271 e. The minimum atomic E-state index is -0.518. The van der Waals surface area contributed by atoms with Crippen LogP contribution in [0.1, 0.15) is 91.0 Å². The number of thiophene rings is 2. The van der Waals surface area contributed by atoms with Crippen LogP contribution in [0, 0.1) is 39.8 Å². The number of carbonyl (C=O) groups excluding carboxylic acids is 3. The summed E-state index contributed by atoms with van der Waals surface area (Å²) in [6.45, 7) is 9.49. The Bertz CT molecular complexity index is 4450. The number of aryl methyl sites for hydroxylation is 1. The first-order chi connectivity index (χ1) is 47.6. The molecular weight excluding hydrogens is 1300 g/mol. The highest BCUT2D eigenvalue weighted by molar-refractivity contribution is 7.12. The number of anilines is 3. The van der Waals surface area contributed by atoms with Gasteiger partial charge in [0.05, 0.1) is 44.5 Å². The third kappa shape index (κ3) is 15.6. The molecule has 98 heavy (non-hydrogen) atoms. The Morgan fingerprint density at radius 1 is 0.602 bits per heavy atom. The number of hydrogen-bond acceptors (Lipinski definition) is 17. The van der Waals surface area contributed by atoms with E-state index < -0.39 is 6.23 Å². The molecular formula is C74H80ClFN14O6S2. The van der Waals surface area contributed by atoms with Crippen molar-refractivity contribution in [3.63, 3.8) is 0 Å². The van der Waals surface area contributed by atoms with Crippen LogP contribution in [-0.2, 0) is 11.3 Å². The Morgan fingerprint density at radius 3 is 1.71 bits per heavy atom. The first kappa shape index (κ1) is 70.0. The van der Waals surface area contributed by atoms with Crippen molar-refractivity contribution < 1.29 is 23.5 Å². The number of nitriles is 3. The van der Waals surface area contributed by atoms with Gasteiger partial charge in [-0.1, -0.05) is 73.0 Å². The summed E-state index contributed by atoms with van der Waals surface area (Å²) in [6, 6.07) is 41.3. The normalized spacial score (nSPS) is 16.4. The first-order valence-corrected chi connectivity index (χ1v) is 35.4. The number of pyridine rings is 2. The van der Waals surface area contributed by atoms with Crippen LogP contribution < -0.4 is 26.2 Å². The first-order valence-electron chi connectivity index (χ1n) is 33.3. The van der Waals surface area contributed by atoms with E-state index in [1.165, 1.54) is 46.9 Å². The molecule has 1 saturated carbocycles. The van der Waals surface area contributed by atoms with Gasteiger partial charge in [-0.25, -0.2) is 4.39 Å². The van der Waals surface area contributed by atoms with Crippen molar-refractivity contribution in [2.45, 2.75) is 57.3 Å². The average Bonchev–Trinajstić information content (AvgIpc) is 1.19. The lowest BCUT2D eigenvalue weighted by molar-refractivity contribution is 0.0678. The Kier molecular flexibility index (Phi) is 23.1. The van der Waals surface area contributed by atoms with E-state index in [-0.39, 0.29) is 51.8 Å². The number of nitrogens with one attached hydrogen (secondary N) is 1. The van der Waals surface area contributed by atoms with Crippen molar-refractivity contribution in [2.75, 3.05) is 142 Å². The predicted octanol–water partition coefficient (Wildman–Crippen LogP) is 10.8. The van der Waals surface area contributed by atoms with E-state index >= 15 is 0 Å². The maximum absolute atomic E-state index is 13.4. The number of ether oxygens (including phenoxy) is 1. The summed E-state index contributed by atoms with van der Waals surface area (Å²) >= 11 is 9.22. The molecule has 24 heteroatoms. The second-order valence-corrected chi connectivity index (χ2v) is 27.7. The largest absolute Gasteiger partial charge is 0.366 e. The predicted molar refractivity (Wildman–Crippen MR) is 386 cm³/mol. The molecule has 0 spiro atoms. The van der Waals surface area contributed by atoms with E-state index in [0.717, 1.165) is 106 Å². The van der Waals surface area contributed by atoms with Crippen LogP contribution in [-0.4, -0.2) is 189 Å². The smallest absolute Gasteiger partial charge is 0.271 e. The lowest BCUT2D eigenvalue weighted by atomic mass is 9.97. The van der Waals surface area contributed by atoms with Crippen molar-refractivity contribution >= 4 is 96.6 Å². The molecule has 1 aliphatic carbocycles. The highest BCUT2D eigenvalue weighted by Gasteiger charge is 2.35. The molecule has 0 radical (unpaired) electrons. The summed E-state index contributed by atoms with van der Waals surface area (Å²) < 4.78 is 22.9. The van der Waals surface area contributed by atoms with E-state index in [2.05, 4.69) is 43.1 Å². The number of aromatic nitrogens is 2. The fourth-order valence-corrected chi connectivity index (χ4v) is 15.2. The standard InChI is InChI=1S/C26H30FN5O2.C24H26ClN5O2S.C24H24N4O2S/c1-30(2)12-5-17-34-25-22(18-28)24(21-6-3-4-7-23(21)29-25)31-13-15-32(16-14-31)26(33)19-8-10-20(27)11-9-19;1-27(2)8-4-9-30-20-7-6-17(25)15-18(20)22(19(16-26)23(30)31)28-10-12-29(13-11-28)24(32)21-5-3-14-33-21;25-16-19-22(26-11-13-27(14-12-26)24(30)21-10-5-15-31-21)18-8-3-4-9-20(18)28(23(19)29)17-6-1-2-7-17/h3-4,6-11,25,29H,5,12-17H2,1-2H3;3,5-7,14-15H,4,8-13H2,1-2H3;3-5,8-10,15,17H,1-2,6-7,11-14H2. The van der Waals surface area contributed by atoms with Crippen LogP contribution in [0.25, 0.3) is 27.5 Å². The van der Waals surface area contributed by atoms with Gasteiger partial charge < -0.3 is 58.4 Å². The molecule has 3 amide bonds. The highest BCUT2D eigenvalue weighted by atomic mass is 35.5. The number of hydrogen-bond donors (Lipinski definition) is 1. The van der Waals surface area contributed by atoms with E-state index in [4.69, 9.17) is 16.3 Å². The summed E-state index contributed by atoms with van der Waals surface area (Å²) in [5.74, 6) is -0.395. The van der Waals surface area contributed by atoms with Crippen molar-refractivity contribution in [2.24, 2.45) is 0 Å². The minimum Gasteiger partial charge on any atom is -0.366 e. The third-order valence-corrected chi connectivity index (χ3v) is 20.5. The molecule has 0 bridgehead atoms. The van der Waals surface area contributed by atoms with Crippen LogP contribution in [0.4, 0.5) is 21.5 Å². The van der Waals surface area contributed by atoms with Crippen LogP contribution >= 0.6 is 34.3 Å². The molecule has 13 rings (SSSR count). The molecule has 3 saturated heterocycles. The number of carbonyl (C=O) groups is 3. The highest BCUT2D eigenvalue weighted by Crippen LogP contribution is 2.39. The van der Waals surface area contributed by atoms with Crippen molar-refractivity contribution in [3.05, 3.63) is 195 Å². The van der Waals surface area contributed by atoms with Gasteiger partial charge in [0.1, 0.15) is 40.7 Å². The van der Waals surface area contributed by atoms with Crippen molar-refractivity contribution in [1.82, 2.24) is 38.5 Å². The van der Waals surface area contributed by atoms with Crippen LogP contribution in [0.5, 0.6) is 0 Å². The van der Waals surface area contributed by atoms with Gasteiger partial charge in [0.2, 0.25) is 0 Å². The second kappa shape index (κ2) is 32.3. The zero-order chi connectivity index (χ0) is 69.0. The molecule has 8 aromatic rings. The van der Waals surface area contributed by atoms with Gasteiger partial charge >= 0.3 is 0 Å². The van der Waals surface area contributed by atoms with Gasteiger partial charge in [-0.3, -0.25) is 24.0 Å². The molecule has 1 unspecified atom stereocenters. The molecule has 4 aromatic carbocycles.